The normalized spacial score (nSPS) is 10.7. The number of fused-ring (bicyclic) bond motifs is 1. The third-order valence-electron chi connectivity index (χ3n) is 5.45. The molecule has 0 fully saturated rings. The smallest absolute Gasteiger partial charge is 0.119 e. The zero-order chi connectivity index (χ0) is 25.7. The van der Waals surface area contributed by atoms with Crippen LogP contribution in [0.25, 0.3) is 10.8 Å². The molecule has 5 aromatic carbocycles. The predicted octanol–water partition coefficient (Wildman–Crippen LogP) is 8.30. The molecule has 0 amide bonds. The number of aliphatic imine (C=N–C) groups is 2. The summed E-state index contributed by atoms with van der Waals surface area (Å²) in [6.07, 6.45) is 3.67. The molecule has 0 heterocycles. The van der Waals surface area contributed by atoms with Crippen LogP contribution < -0.4 is 4.74 Å². The number of nitrogens with zero attached hydrogens (tertiary/aromatic N) is 3. The van der Waals surface area contributed by atoms with Crippen LogP contribution in [0.5, 0.6) is 5.75 Å². The Kier molecular flexibility index (Phi) is 8.94. The lowest BCUT2D eigenvalue weighted by Crippen LogP contribution is -1.89. The van der Waals surface area contributed by atoms with E-state index in [1.807, 2.05) is 92.0 Å². The lowest BCUT2D eigenvalue weighted by molar-refractivity contribution is 0.340. The first-order valence-electron chi connectivity index (χ1n) is 12.1. The number of nitriles is 1. The van der Waals surface area contributed by atoms with E-state index < -0.39 is 0 Å². The van der Waals surface area contributed by atoms with E-state index >= 15 is 0 Å². The molecule has 0 aromatic heterocycles. The summed E-state index contributed by atoms with van der Waals surface area (Å²) in [6, 6.07) is 41.7. The second kappa shape index (κ2) is 13.2. The van der Waals surface area contributed by atoms with Gasteiger partial charge in [-0.1, -0.05) is 72.8 Å². The quantitative estimate of drug-likeness (QED) is 0.229. The van der Waals surface area contributed by atoms with E-state index in [0.717, 1.165) is 28.3 Å². The first kappa shape index (κ1) is 25.1. The number of benzene rings is 5. The van der Waals surface area contributed by atoms with Gasteiger partial charge < -0.3 is 4.74 Å². The van der Waals surface area contributed by atoms with Gasteiger partial charge in [-0.3, -0.25) is 9.98 Å². The van der Waals surface area contributed by atoms with E-state index in [-0.39, 0.29) is 0 Å². The number of ether oxygens (including phenoxy) is 1. The molecule has 0 aliphatic heterocycles. The Bertz CT molecular complexity index is 1510. The van der Waals surface area contributed by atoms with Gasteiger partial charge in [0.25, 0.3) is 0 Å². The summed E-state index contributed by atoms with van der Waals surface area (Å²) < 4.78 is 5.37. The third kappa shape index (κ3) is 7.74. The Morgan fingerprint density at radius 2 is 1.24 bits per heavy atom. The lowest BCUT2D eigenvalue weighted by Gasteiger charge is -2.02. The second-order valence-corrected chi connectivity index (χ2v) is 8.12. The summed E-state index contributed by atoms with van der Waals surface area (Å²) in [7, 11) is 0. The number of hydrogen-bond acceptors (Lipinski definition) is 4. The zero-order valence-electron chi connectivity index (χ0n) is 20.7. The maximum atomic E-state index is 8.71. The van der Waals surface area contributed by atoms with Crippen molar-refractivity contribution >= 4 is 34.6 Å². The molecular weight excluding hydrogens is 454 g/mol. The summed E-state index contributed by atoms with van der Waals surface area (Å²) in [5, 5.41) is 11.2. The van der Waals surface area contributed by atoms with Crippen LogP contribution in [0.4, 0.5) is 11.4 Å². The molecule has 5 aromatic rings. The monoisotopic (exact) mass is 481 g/mol. The number of hydrogen-bond donors (Lipinski definition) is 0. The molecule has 5 rings (SSSR count). The maximum absolute atomic E-state index is 8.71. The fraction of sp³-hybridized carbons (Fsp3) is 0.0606. The highest BCUT2D eigenvalue weighted by Crippen LogP contribution is 2.21. The van der Waals surface area contributed by atoms with Crippen molar-refractivity contribution in [1.82, 2.24) is 0 Å². The van der Waals surface area contributed by atoms with Crippen molar-refractivity contribution in [3.63, 3.8) is 0 Å². The minimum atomic E-state index is 0.651. The first-order chi connectivity index (χ1) is 18.2. The topological polar surface area (TPSA) is 57.7 Å². The molecule has 0 aliphatic carbocycles. The standard InChI is InChI=1S/C17H13N.C16H14N2O/c1-2-6-14(7-3-1)13-18-17-11-10-15-8-4-5-9-16(15)12-17;1-2-19-16-9-7-15(8-10-16)18-12-14-5-3-13(11-17)4-6-14/h1-13H;3-10,12H,2H2,1H3. The molecule has 180 valence electrons. The van der Waals surface area contributed by atoms with Crippen molar-refractivity contribution in [3.8, 4) is 11.8 Å². The van der Waals surface area contributed by atoms with Gasteiger partial charge >= 0.3 is 0 Å². The molecule has 0 aliphatic rings. The molecule has 0 saturated heterocycles. The molecule has 0 spiro atoms. The van der Waals surface area contributed by atoms with Gasteiger partial charge in [-0.2, -0.15) is 5.26 Å². The Labute approximate surface area is 217 Å². The van der Waals surface area contributed by atoms with E-state index in [1.54, 1.807) is 18.3 Å². The van der Waals surface area contributed by atoms with Gasteiger partial charge in [-0.25, -0.2) is 0 Å². The average molecular weight is 482 g/mol. The molecule has 0 atom stereocenters. The number of rotatable bonds is 6. The molecular formula is C33H27N3O. The minimum absolute atomic E-state index is 0.651. The van der Waals surface area contributed by atoms with Gasteiger partial charge in [-0.05, 0) is 77.4 Å². The Hall–Kier alpha value is -5.01. The van der Waals surface area contributed by atoms with Crippen LogP contribution in [0.3, 0.4) is 0 Å². The molecule has 0 N–H and O–H groups in total. The van der Waals surface area contributed by atoms with Gasteiger partial charge in [0.15, 0.2) is 0 Å². The molecule has 4 heteroatoms. The summed E-state index contributed by atoms with van der Waals surface area (Å²) in [5.74, 6) is 0.847. The van der Waals surface area contributed by atoms with Crippen LogP contribution in [-0.4, -0.2) is 19.0 Å². The lowest BCUT2D eigenvalue weighted by atomic mass is 10.1. The van der Waals surface area contributed by atoms with Gasteiger partial charge in [0.1, 0.15) is 5.75 Å². The molecule has 0 saturated carbocycles. The second-order valence-electron chi connectivity index (χ2n) is 8.12. The Morgan fingerprint density at radius 3 is 1.92 bits per heavy atom. The van der Waals surface area contributed by atoms with Gasteiger partial charge in [0.2, 0.25) is 0 Å². The van der Waals surface area contributed by atoms with Gasteiger partial charge in [0.05, 0.1) is 29.6 Å². The van der Waals surface area contributed by atoms with Crippen molar-refractivity contribution in [3.05, 3.63) is 138 Å². The highest BCUT2D eigenvalue weighted by Gasteiger charge is 1.95. The van der Waals surface area contributed by atoms with Crippen molar-refractivity contribution in [2.45, 2.75) is 6.92 Å². The maximum Gasteiger partial charge on any atom is 0.119 e. The Morgan fingerprint density at radius 1 is 0.649 bits per heavy atom. The molecule has 4 nitrogen and oxygen atoms in total. The summed E-state index contributed by atoms with van der Waals surface area (Å²) in [6.45, 7) is 2.62. The van der Waals surface area contributed by atoms with E-state index in [1.165, 1.54) is 10.8 Å². The van der Waals surface area contributed by atoms with Crippen molar-refractivity contribution in [2.24, 2.45) is 9.98 Å². The minimum Gasteiger partial charge on any atom is -0.494 e. The van der Waals surface area contributed by atoms with E-state index in [9.17, 15) is 0 Å². The zero-order valence-corrected chi connectivity index (χ0v) is 20.7. The largest absolute Gasteiger partial charge is 0.494 e. The predicted molar refractivity (Wildman–Crippen MR) is 154 cm³/mol. The fourth-order valence-corrected chi connectivity index (χ4v) is 3.53. The van der Waals surface area contributed by atoms with Crippen molar-refractivity contribution in [1.29, 1.82) is 5.26 Å². The van der Waals surface area contributed by atoms with E-state index in [0.29, 0.717) is 12.2 Å². The molecule has 0 bridgehead atoms. The van der Waals surface area contributed by atoms with Crippen LogP contribution in [0, 0.1) is 11.3 Å². The van der Waals surface area contributed by atoms with E-state index in [4.69, 9.17) is 10.00 Å². The van der Waals surface area contributed by atoms with Crippen LogP contribution in [0.1, 0.15) is 23.6 Å². The van der Waals surface area contributed by atoms with Gasteiger partial charge in [0, 0.05) is 12.4 Å². The highest BCUT2D eigenvalue weighted by atomic mass is 16.5. The Balaban J connectivity index is 0.000000173. The highest BCUT2D eigenvalue weighted by molar-refractivity contribution is 5.87. The van der Waals surface area contributed by atoms with Crippen LogP contribution in [0.2, 0.25) is 0 Å². The third-order valence-corrected chi connectivity index (χ3v) is 5.45. The van der Waals surface area contributed by atoms with Gasteiger partial charge in [-0.15, -0.1) is 0 Å². The van der Waals surface area contributed by atoms with Crippen LogP contribution >= 0.6 is 0 Å². The molecule has 37 heavy (non-hydrogen) atoms. The fourth-order valence-electron chi connectivity index (χ4n) is 3.53. The summed E-state index contributed by atoms with van der Waals surface area (Å²) >= 11 is 0. The van der Waals surface area contributed by atoms with E-state index in [2.05, 4.69) is 46.4 Å². The first-order valence-corrected chi connectivity index (χ1v) is 12.1. The van der Waals surface area contributed by atoms with Crippen LogP contribution in [-0.2, 0) is 0 Å². The summed E-state index contributed by atoms with van der Waals surface area (Å²) in [4.78, 5) is 8.87. The summed E-state index contributed by atoms with van der Waals surface area (Å²) in [5.41, 5.74) is 4.59. The van der Waals surface area contributed by atoms with Crippen molar-refractivity contribution < 1.29 is 4.74 Å². The van der Waals surface area contributed by atoms with Crippen molar-refractivity contribution in [2.75, 3.05) is 6.61 Å². The van der Waals surface area contributed by atoms with Crippen LogP contribution in [0.15, 0.2) is 131 Å². The molecule has 0 radical (unpaired) electrons. The molecule has 0 unspecified atom stereocenters. The SMILES string of the molecule is C(=Nc1ccc2ccccc2c1)c1ccccc1.CCOc1ccc(N=Cc2ccc(C#N)cc2)cc1. The average Bonchev–Trinajstić information content (AvgIpc) is 2.97.